The van der Waals surface area contributed by atoms with Crippen molar-refractivity contribution in [2.24, 2.45) is 0 Å². The molecule has 32 heavy (non-hydrogen) atoms. The number of rotatable bonds is 7. The lowest BCUT2D eigenvalue weighted by Gasteiger charge is -2.16. The Labute approximate surface area is 185 Å². The molecule has 0 fully saturated rings. The van der Waals surface area contributed by atoms with Crippen LogP contribution in [0.1, 0.15) is 16.1 Å². The Morgan fingerprint density at radius 1 is 0.969 bits per heavy atom. The third kappa shape index (κ3) is 3.88. The number of aryl methyl sites for hydroxylation is 1. The fourth-order valence-corrected chi connectivity index (χ4v) is 3.64. The van der Waals surface area contributed by atoms with Crippen molar-refractivity contribution < 1.29 is 19.4 Å². The van der Waals surface area contributed by atoms with Gasteiger partial charge >= 0.3 is 5.97 Å². The highest BCUT2D eigenvalue weighted by Gasteiger charge is 2.22. The molecule has 0 spiro atoms. The number of aromatic nitrogens is 2. The molecular formula is C25H23N3O4. The third-order valence-electron chi connectivity index (χ3n) is 5.15. The van der Waals surface area contributed by atoms with Gasteiger partial charge in [-0.2, -0.15) is 5.10 Å². The molecule has 4 rings (SSSR count). The van der Waals surface area contributed by atoms with Crippen molar-refractivity contribution in [2.75, 3.05) is 19.5 Å². The van der Waals surface area contributed by atoms with Crippen molar-refractivity contribution in [1.29, 1.82) is 0 Å². The molecule has 7 nitrogen and oxygen atoms in total. The van der Waals surface area contributed by atoms with E-state index in [-0.39, 0.29) is 5.56 Å². The van der Waals surface area contributed by atoms with Gasteiger partial charge in [0.05, 0.1) is 31.2 Å². The van der Waals surface area contributed by atoms with E-state index in [1.54, 1.807) is 23.9 Å². The molecule has 1 aromatic heterocycles. The predicted octanol–water partition coefficient (Wildman–Crippen LogP) is 5.31. The van der Waals surface area contributed by atoms with Crippen LogP contribution in [-0.2, 0) is 0 Å². The minimum atomic E-state index is -1.06. The van der Waals surface area contributed by atoms with Gasteiger partial charge in [0.15, 0.2) is 0 Å². The summed E-state index contributed by atoms with van der Waals surface area (Å²) in [6.07, 6.45) is 0. The molecule has 162 valence electrons. The lowest BCUT2D eigenvalue weighted by Crippen LogP contribution is -2.08. The molecule has 0 atom stereocenters. The Bertz CT molecular complexity index is 1270. The monoisotopic (exact) mass is 429 g/mol. The first kappa shape index (κ1) is 21.0. The van der Waals surface area contributed by atoms with Crippen LogP contribution in [0.25, 0.3) is 16.8 Å². The van der Waals surface area contributed by atoms with E-state index >= 15 is 0 Å². The van der Waals surface area contributed by atoms with Gasteiger partial charge in [-0.15, -0.1) is 0 Å². The van der Waals surface area contributed by atoms with Crippen molar-refractivity contribution in [3.05, 3.63) is 84.1 Å². The van der Waals surface area contributed by atoms with E-state index in [4.69, 9.17) is 14.6 Å². The zero-order valence-corrected chi connectivity index (χ0v) is 18.0. The Morgan fingerprint density at radius 2 is 1.69 bits per heavy atom. The van der Waals surface area contributed by atoms with Gasteiger partial charge in [-0.25, -0.2) is 9.48 Å². The Morgan fingerprint density at radius 3 is 2.38 bits per heavy atom. The summed E-state index contributed by atoms with van der Waals surface area (Å²) in [6, 6.07) is 22.3. The summed E-state index contributed by atoms with van der Waals surface area (Å²) < 4.78 is 12.5. The quantitative estimate of drug-likeness (QED) is 0.414. The summed E-state index contributed by atoms with van der Waals surface area (Å²) in [5.41, 5.74) is 3.85. The molecule has 7 heteroatoms. The lowest BCUT2D eigenvalue weighted by atomic mass is 10.1. The maximum absolute atomic E-state index is 12.0. The number of hydrogen-bond donors (Lipinski definition) is 2. The molecule has 0 amide bonds. The normalized spacial score (nSPS) is 10.6. The van der Waals surface area contributed by atoms with Gasteiger partial charge in [-0.05, 0) is 42.8 Å². The van der Waals surface area contributed by atoms with Crippen molar-refractivity contribution in [2.45, 2.75) is 6.92 Å². The van der Waals surface area contributed by atoms with Crippen LogP contribution >= 0.6 is 0 Å². The summed E-state index contributed by atoms with van der Waals surface area (Å²) in [7, 11) is 3.11. The second-order valence-corrected chi connectivity index (χ2v) is 7.10. The predicted molar refractivity (Wildman–Crippen MR) is 124 cm³/mol. The molecule has 0 saturated carbocycles. The standard InChI is InChI=1S/C25H23N3O4/c1-16-23(17-9-5-4-6-10-17)24(28(27-16)21-11-7-8-12-22(21)32-3)26-20-14-13-18(31-2)15-19(20)25(29)30/h4-15,26H,1-3H3,(H,29,30). The van der Waals surface area contributed by atoms with Gasteiger partial charge in [-0.3, -0.25) is 0 Å². The maximum Gasteiger partial charge on any atom is 0.337 e. The van der Waals surface area contributed by atoms with Crippen LogP contribution in [0.4, 0.5) is 11.5 Å². The third-order valence-corrected chi connectivity index (χ3v) is 5.15. The molecule has 2 N–H and O–H groups in total. The number of benzene rings is 3. The first-order valence-electron chi connectivity index (χ1n) is 10.00. The Hall–Kier alpha value is -4.26. The smallest absolute Gasteiger partial charge is 0.337 e. The molecule has 0 unspecified atom stereocenters. The Kier molecular flexibility index (Phi) is 5.81. The summed E-state index contributed by atoms with van der Waals surface area (Å²) in [5, 5.41) is 17.9. The number of anilines is 2. The van der Waals surface area contributed by atoms with Crippen LogP contribution in [-0.4, -0.2) is 35.1 Å². The molecule has 0 radical (unpaired) electrons. The van der Waals surface area contributed by atoms with E-state index < -0.39 is 5.97 Å². The largest absolute Gasteiger partial charge is 0.497 e. The number of nitrogens with zero attached hydrogens (tertiary/aromatic N) is 2. The zero-order valence-electron chi connectivity index (χ0n) is 18.0. The number of carboxylic acid groups (broad SMARTS) is 1. The fraction of sp³-hybridized carbons (Fsp3) is 0.120. The number of ether oxygens (including phenoxy) is 2. The van der Waals surface area contributed by atoms with Gasteiger partial charge in [0.1, 0.15) is 23.0 Å². The molecular weight excluding hydrogens is 406 g/mol. The molecule has 4 aromatic rings. The number of carbonyl (C=O) groups is 1. The van der Waals surface area contributed by atoms with Crippen LogP contribution < -0.4 is 14.8 Å². The number of aromatic carboxylic acids is 1. The van der Waals surface area contributed by atoms with Crippen LogP contribution in [0, 0.1) is 6.92 Å². The van der Waals surface area contributed by atoms with Crippen molar-refractivity contribution in [3.8, 4) is 28.3 Å². The first-order valence-corrected chi connectivity index (χ1v) is 10.00. The highest BCUT2D eigenvalue weighted by molar-refractivity contribution is 5.96. The number of carboxylic acids is 1. The molecule has 0 bridgehead atoms. The average Bonchev–Trinajstić information content (AvgIpc) is 3.15. The molecule has 0 aliphatic carbocycles. The molecule has 0 saturated heterocycles. The van der Waals surface area contributed by atoms with Crippen LogP contribution in [0.5, 0.6) is 11.5 Å². The zero-order chi connectivity index (χ0) is 22.7. The SMILES string of the molecule is COc1ccc(Nc2c(-c3ccccc3)c(C)nn2-c2ccccc2OC)c(C(=O)O)c1. The van der Waals surface area contributed by atoms with Gasteiger partial charge in [-0.1, -0.05) is 42.5 Å². The molecule has 1 heterocycles. The van der Waals surface area contributed by atoms with E-state index in [0.717, 1.165) is 22.5 Å². The van der Waals surface area contributed by atoms with Gasteiger partial charge < -0.3 is 19.9 Å². The minimum Gasteiger partial charge on any atom is -0.497 e. The van der Waals surface area contributed by atoms with Crippen molar-refractivity contribution in [3.63, 3.8) is 0 Å². The first-order chi connectivity index (χ1) is 15.5. The van der Waals surface area contributed by atoms with Crippen LogP contribution in [0.2, 0.25) is 0 Å². The fourth-order valence-electron chi connectivity index (χ4n) is 3.64. The topological polar surface area (TPSA) is 85.6 Å². The average molecular weight is 429 g/mol. The van der Waals surface area contributed by atoms with Crippen molar-refractivity contribution in [1.82, 2.24) is 9.78 Å². The second-order valence-electron chi connectivity index (χ2n) is 7.10. The van der Waals surface area contributed by atoms with Gasteiger partial charge in [0, 0.05) is 5.56 Å². The van der Waals surface area contributed by atoms with E-state index in [9.17, 15) is 9.90 Å². The Balaban J connectivity index is 1.95. The van der Waals surface area contributed by atoms with Gasteiger partial charge in [0.25, 0.3) is 0 Å². The summed E-state index contributed by atoms with van der Waals surface area (Å²) >= 11 is 0. The molecule has 3 aromatic carbocycles. The maximum atomic E-state index is 12.0. The molecule has 0 aliphatic heterocycles. The number of nitrogens with one attached hydrogen (secondary N) is 1. The number of methoxy groups -OCH3 is 2. The van der Waals surface area contributed by atoms with E-state index in [2.05, 4.69) is 5.32 Å². The number of hydrogen-bond acceptors (Lipinski definition) is 5. The van der Waals surface area contributed by atoms with E-state index in [1.807, 2.05) is 61.5 Å². The van der Waals surface area contributed by atoms with Crippen LogP contribution in [0.15, 0.2) is 72.8 Å². The minimum absolute atomic E-state index is 0.0915. The summed E-state index contributed by atoms with van der Waals surface area (Å²) in [4.78, 5) is 12.0. The summed E-state index contributed by atoms with van der Waals surface area (Å²) in [5.74, 6) is 0.676. The van der Waals surface area contributed by atoms with Gasteiger partial charge in [0.2, 0.25) is 0 Å². The summed E-state index contributed by atoms with van der Waals surface area (Å²) in [6.45, 7) is 1.92. The highest BCUT2D eigenvalue weighted by atomic mass is 16.5. The van der Waals surface area contributed by atoms with E-state index in [0.29, 0.717) is 23.0 Å². The van der Waals surface area contributed by atoms with Crippen LogP contribution in [0.3, 0.4) is 0 Å². The highest BCUT2D eigenvalue weighted by Crippen LogP contribution is 2.38. The van der Waals surface area contributed by atoms with Crippen molar-refractivity contribution >= 4 is 17.5 Å². The number of para-hydroxylation sites is 2. The van der Waals surface area contributed by atoms with E-state index in [1.165, 1.54) is 13.2 Å². The molecule has 0 aliphatic rings. The lowest BCUT2D eigenvalue weighted by molar-refractivity contribution is 0.0697. The second kappa shape index (κ2) is 8.85.